The summed E-state index contributed by atoms with van der Waals surface area (Å²) in [6.45, 7) is 1.93. The minimum atomic E-state index is -0.481. The topological polar surface area (TPSA) is 57.3 Å². The maximum Gasteiger partial charge on any atom is 0.373 e. The Morgan fingerprint density at radius 1 is 1.59 bits per heavy atom. The van der Waals surface area contributed by atoms with Crippen molar-refractivity contribution in [1.29, 1.82) is 0 Å². The van der Waals surface area contributed by atoms with Crippen LogP contribution in [0.4, 0.5) is 0 Å². The molecule has 0 bridgehead atoms. The predicted molar refractivity (Wildman–Crippen MR) is 63.8 cm³/mol. The van der Waals surface area contributed by atoms with Crippen molar-refractivity contribution < 1.29 is 13.9 Å². The van der Waals surface area contributed by atoms with Crippen molar-refractivity contribution in [2.24, 2.45) is 0 Å². The number of furan rings is 1. The van der Waals surface area contributed by atoms with Crippen LogP contribution < -0.4 is 0 Å². The number of nitrogens with zero attached hydrogens (tertiary/aromatic N) is 2. The standard InChI is InChI=1S/C11H11BrN2O3/c1-7(14-6-8(12)5-13-14)9-3-4-10(17-9)11(15)16-2/h3-7H,1-2H3. The van der Waals surface area contributed by atoms with Crippen molar-refractivity contribution in [2.75, 3.05) is 7.11 Å². The van der Waals surface area contributed by atoms with Crippen LogP contribution in [0.15, 0.2) is 33.4 Å². The van der Waals surface area contributed by atoms with Gasteiger partial charge in [0.15, 0.2) is 0 Å². The molecule has 0 fully saturated rings. The van der Waals surface area contributed by atoms with Gasteiger partial charge in [0.2, 0.25) is 5.76 Å². The molecule has 0 aliphatic rings. The molecule has 0 N–H and O–H groups in total. The van der Waals surface area contributed by atoms with Gasteiger partial charge >= 0.3 is 5.97 Å². The van der Waals surface area contributed by atoms with Crippen LogP contribution in [0.3, 0.4) is 0 Å². The molecule has 6 heteroatoms. The van der Waals surface area contributed by atoms with E-state index >= 15 is 0 Å². The first kappa shape index (κ1) is 11.9. The average molecular weight is 299 g/mol. The van der Waals surface area contributed by atoms with Crippen LogP contribution in [-0.2, 0) is 4.74 Å². The SMILES string of the molecule is COC(=O)c1ccc(C(C)n2cc(Br)cn2)o1. The monoisotopic (exact) mass is 298 g/mol. The Balaban J connectivity index is 2.23. The second kappa shape index (κ2) is 4.75. The highest BCUT2D eigenvalue weighted by molar-refractivity contribution is 9.10. The van der Waals surface area contributed by atoms with Gasteiger partial charge in [-0.3, -0.25) is 4.68 Å². The number of hydrogen-bond donors (Lipinski definition) is 0. The fraction of sp³-hybridized carbons (Fsp3) is 0.273. The molecule has 2 heterocycles. The van der Waals surface area contributed by atoms with Crippen molar-refractivity contribution in [3.05, 3.63) is 40.5 Å². The van der Waals surface area contributed by atoms with Crippen LogP contribution in [0.1, 0.15) is 29.3 Å². The van der Waals surface area contributed by atoms with Gasteiger partial charge in [-0.2, -0.15) is 5.10 Å². The van der Waals surface area contributed by atoms with Gasteiger partial charge in [-0.1, -0.05) is 0 Å². The molecule has 0 aliphatic carbocycles. The smallest absolute Gasteiger partial charge is 0.373 e. The summed E-state index contributed by atoms with van der Waals surface area (Å²) in [5.74, 6) is 0.367. The lowest BCUT2D eigenvalue weighted by Gasteiger charge is -2.08. The molecular weight excluding hydrogens is 288 g/mol. The number of halogens is 1. The molecule has 2 aromatic heterocycles. The molecule has 0 radical (unpaired) electrons. The van der Waals surface area contributed by atoms with Crippen molar-refractivity contribution in [3.63, 3.8) is 0 Å². The third-order valence-electron chi connectivity index (χ3n) is 2.39. The van der Waals surface area contributed by atoms with E-state index < -0.39 is 5.97 Å². The highest BCUT2D eigenvalue weighted by Crippen LogP contribution is 2.21. The lowest BCUT2D eigenvalue weighted by Crippen LogP contribution is -2.06. The second-order valence-corrected chi connectivity index (χ2v) is 4.42. The van der Waals surface area contributed by atoms with E-state index in [-0.39, 0.29) is 11.8 Å². The molecule has 90 valence electrons. The summed E-state index contributed by atoms with van der Waals surface area (Å²) >= 11 is 3.32. The zero-order valence-electron chi connectivity index (χ0n) is 9.38. The van der Waals surface area contributed by atoms with Crippen LogP contribution in [0.25, 0.3) is 0 Å². The summed E-state index contributed by atoms with van der Waals surface area (Å²) in [7, 11) is 1.32. The lowest BCUT2D eigenvalue weighted by molar-refractivity contribution is 0.0562. The van der Waals surface area contributed by atoms with Gasteiger partial charge in [-0.05, 0) is 35.0 Å². The van der Waals surface area contributed by atoms with Crippen molar-refractivity contribution >= 4 is 21.9 Å². The minimum absolute atomic E-state index is 0.0836. The fourth-order valence-electron chi connectivity index (χ4n) is 1.44. The van der Waals surface area contributed by atoms with Crippen molar-refractivity contribution in [2.45, 2.75) is 13.0 Å². The van der Waals surface area contributed by atoms with Crippen molar-refractivity contribution in [1.82, 2.24) is 9.78 Å². The molecule has 0 aliphatic heterocycles. The summed E-state index contributed by atoms with van der Waals surface area (Å²) in [5, 5.41) is 4.16. The number of methoxy groups -OCH3 is 1. The zero-order valence-corrected chi connectivity index (χ0v) is 11.0. The van der Waals surface area contributed by atoms with Gasteiger partial charge in [0.25, 0.3) is 0 Å². The Labute approximate surface area is 106 Å². The van der Waals surface area contributed by atoms with Gasteiger partial charge in [0.1, 0.15) is 11.8 Å². The Bertz CT molecular complexity index is 532. The molecule has 1 unspecified atom stereocenters. The van der Waals surface area contributed by atoms with Crippen LogP contribution in [-0.4, -0.2) is 22.9 Å². The quantitative estimate of drug-likeness (QED) is 0.818. The molecule has 5 nitrogen and oxygen atoms in total. The maximum atomic E-state index is 11.2. The van der Waals surface area contributed by atoms with Gasteiger partial charge in [-0.15, -0.1) is 0 Å². The highest BCUT2D eigenvalue weighted by atomic mass is 79.9. The number of ether oxygens (including phenoxy) is 1. The van der Waals surface area contributed by atoms with Crippen molar-refractivity contribution in [3.8, 4) is 0 Å². The normalized spacial score (nSPS) is 12.4. The zero-order chi connectivity index (χ0) is 12.4. The number of aromatic nitrogens is 2. The third kappa shape index (κ3) is 2.41. The lowest BCUT2D eigenvalue weighted by atomic mass is 10.2. The van der Waals surface area contributed by atoms with E-state index in [0.29, 0.717) is 5.76 Å². The Morgan fingerprint density at radius 3 is 2.94 bits per heavy atom. The Kier molecular flexibility index (Phi) is 3.33. The van der Waals surface area contributed by atoms with E-state index in [1.807, 2.05) is 13.1 Å². The van der Waals surface area contributed by atoms with Gasteiger partial charge in [0.05, 0.1) is 17.8 Å². The van der Waals surface area contributed by atoms with Gasteiger partial charge < -0.3 is 9.15 Å². The maximum absolute atomic E-state index is 11.2. The fourth-order valence-corrected chi connectivity index (χ4v) is 1.75. The molecule has 17 heavy (non-hydrogen) atoms. The van der Waals surface area contributed by atoms with E-state index in [9.17, 15) is 4.79 Å². The average Bonchev–Trinajstić information content (AvgIpc) is 2.95. The van der Waals surface area contributed by atoms with E-state index in [0.717, 1.165) is 4.47 Å². The van der Waals surface area contributed by atoms with Crippen LogP contribution in [0.5, 0.6) is 0 Å². The number of rotatable bonds is 3. The number of hydrogen-bond acceptors (Lipinski definition) is 4. The van der Waals surface area contributed by atoms with Gasteiger partial charge in [0, 0.05) is 6.20 Å². The summed E-state index contributed by atoms with van der Waals surface area (Å²) in [6.07, 6.45) is 3.53. The first-order chi connectivity index (χ1) is 8.11. The first-order valence-electron chi connectivity index (χ1n) is 4.99. The minimum Gasteiger partial charge on any atom is -0.463 e. The summed E-state index contributed by atoms with van der Waals surface area (Å²) < 4.78 is 12.6. The van der Waals surface area contributed by atoms with E-state index in [1.165, 1.54) is 7.11 Å². The highest BCUT2D eigenvalue weighted by Gasteiger charge is 2.16. The number of carbonyl (C=O) groups is 1. The molecular formula is C11H11BrN2O3. The Morgan fingerprint density at radius 2 is 2.35 bits per heavy atom. The summed E-state index contributed by atoms with van der Waals surface area (Å²) in [6, 6.07) is 3.25. The molecule has 0 saturated carbocycles. The van der Waals surface area contributed by atoms with E-state index in [1.54, 1.807) is 23.0 Å². The number of carbonyl (C=O) groups excluding carboxylic acids is 1. The molecule has 1 atom stereocenters. The summed E-state index contributed by atoms with van der Waals surface area (Å²) in [5.41, 5.74) is 0. The second-order valence-electron chi connectivity index (χ2n) is 3.51. The molecule has 0 amide bonds. The van der Waals surface area contributed by atoms with Crippen LogP contribution in [0.2, 0.25) is 0 Å². The molecule has 2 rings (SSSR count). The number of esters is 1. The molecule has 0 aromatic carbocycles. The molecule has 0 saturated heterocycles. The van der Waals surface area contributed by atoms with E-state index in [4.69, 9.17) is 4.42 Å². The van der Waals surface area contributed by atoms with Crippen LogP contribution >= 0.6 is 15.9 Å². The summed E-state index contributed by atoms with van der Waals surface area (Å²) in [4.78, 5) is 11.2. The van der Waals surface area contributed by atoms with E-state index in [2.05, 4.69) is 25.8 Å². The largest absolute Gasteiger partial charge is 0.463 e. The Hall–Kier alpha value is -1.56. The van der Waals surface area contributed by atoms with Crippen LogP contribution in [0, 0.1) is 0 Å². The molecule has 0 spiro atoms. The van der Waals surface area contributed by atoms with Gasteiger partial charge in [-0.25, -0.2) is 4.79 Å². The molecule has 2 aromatic rings. The third-order valence-corrected chi connectivity index (χ3v) is 2.80. The first-order valence-corrected chi connectivity index (χ1v) is 5.79. The predicted octanol–water partition coefficient (Wildman–Crippen LogP) is 2.63.